The lowest BCUT2D eigenvalue weighted by molar-refractivity contribution is -0.114. The van der Waals surface area contributed by atoms with Crippen LogP contribution in [-0.4, -0.2) is 5.78 Å². The van der Waals surface area contributed by atoms with Crippen molar-refractivity contribution < 1.29 is 9.90 Å². The van der Waals surface area contributed by atoms with Crippen LogP contribution in [0.1, 0.15) is 72.4 Å². The largest absolute Gasteiger partial charge is 0.290 e. The lowest BCUT2D eigenvalue weighted by Crippen LogP contribution is -2.27. The number of allylic oxidation sites excluding steroid dienone is 5. The Hall–Kier alpha value is -2.09. The van der Waals surface area contributed by atoms with E-state index in [4.69, 9.17) is 0 Å². The molecule has 0 N–H and O–H groups in total. The van der Waals surface area contributed by atoms with E-state index < -0.39 is 0 Å². The highest BCUT2D eigenvalue weighted by Crippen LogP contribution is 2.39. The predicted molar refractivity (Wildman–Crippen MR) is 113 cm³/mol. The van der Waals surface area contributed by atoms with Crippen molar-refractivity contribution in [3.63, 3.8) is 0 Å². The first-order valence-corrected chi connectivity index (χ1v) is 9.94. The van der Waals surface area contributed by atoms with Crippen LogP contribution >= 0.6 is 0 Å². The molecule has 1 aromatic carbocycles. The van der Waals surface area contributed by atoms with E-state index in [2.05, 4.69) is 54.5 Å². The Morgan fingerprint density at radius 3 is 1.96 bits per heavy atom. The van der Waals surface area contributed by atoms with Crippen molar-refractivity contribution >= 4 is 11.9 Å². The van der Waals surface area contributed by atoms with Crippen molar-refractivity contribution in [2.24, 2.45) is 10.8 Å². The normalized spacial score (nSPS) is 15.5. The molecule has 0 saturated heterocycles. The predicted octanol–water partition coefficient (Wildman–Crippen LogP) is 7.08. The zero-order valence-corrected chi connectivity index (χ0v) is 17.9. The van der Waals surface area contributed by atoms with Gasteiger partial charge in [-0.3, -0.25) is 9.90 Å². The van der Waals surface area contributed by atoms with Gasteiger partial charge in [0.1, 0.15) is 0 Å². The summed E-state index contributed by atoms with van der Waals surface area (Å²) in [6.45, 7) is 14.6. The Bertz CT molecular complexity index is 770. The van der Waals surface area contributed by atoms with Gasteiger partial charge >= 0.3 is 0 Å². The number of rotatable bonds is 4. The number of benzene rings is 1. The first kappa shape index (κ1) is 21.2. The van der Waals surface area contributed by atoms with Crippen LogP contribution in [0, 0.1) is 10.8 Å². The number of aryl methyl sites for hydroxylation is 1. The molecule has 0 bridgehead atoms. The van der Waals surface area contributed by atoms with Gasteiger partial charge in [-0.25, -0.2) is 0 Å². The van der Waals surface area contributed by atoms with Gasteiger partial charge in [0.15, 0.2) is 11.5 Å². The number of carbonyl (C=O) groups is 1. The zero-order chi connectivity index (χ0) is 20.4. The monoisotopic (exact) mass is 365 g/mol. The number of Topliss-reactive ketones (excluding diaryl/α,β-unsaturated/α-hetero) is 1. The maximum atomic E-state index is 13.0. The fourth-order valence-corrected chi connectivity index (χ4v) is 3.29. The van der Waals surface area contributed by atoms with Gasteiger partial charge in [-0.05, 0) is 65.2 Å². The summed E-state index contributed by atoms with van der Waals surface area (Å²) >= 11 is 0. The molecule has 0 unspecified atom stereocenters. The Kier molecular flexibility index (Phi) is 6.19. The number of unbranched alkanes of at least 4 members (excludes halogenated alkanes) is 1. The molecule has 0 atom stereocenters. The third kappa shape index (κ3) is 5.22. The summed E-state index contributed by atoms with van der Waals surface area (Å²) < 4.78 is 0. The smallest absolute Gasteiger partial charge is 0.186 e. The minimum absolute atomic E-state index is 0.112. The molecular weight excluding hydrogens is 332 g/mol. The van der Waals surface area contributed by atoms with Crippen LogP contribution in [-0.2, 0) is 16.3 Å². The maximum absolute atomic E-state index is 13.0. The molecule has 2 heteroatoms. The van der Waals surface area contributed by atoms with Gasteiger partial charge in [0, 0.05) is 16.7 Å². The number of hydrogen-bond donors (Lipinski definition) is 0. The van der Waals surface area contributed by atoms with E-state index in [0.29, 0.717) is 0 Å². The fraction of sp³-hybridized carbons (Fsp3) is 0.480. The Labute approximate surface area is 164 Å². The molecular formula is C25H33O2. The summed E-state index contributed by atoms with van der Waals surface area (Å²) in [4.78, 5) is 13.0. The average Bonchev–Trinajstić information content (AvgIpc) is 2.54. The van der Waals surface area contributed by atoms with Crippen molar-refractivity contribution in [1.82, 2.24) is 0 Å². The lowest BCUT2D eigenvalue weighted by Gasteiger charge is -2.31. The van der Waals surface area contributed by atoms with Crippen LogP contribution < -0.4 is 0 Å². The van der Waals surface area contributed by atoms with Gasteiger partial charge in [-0.15, -0.1) is 0 Å². The van der Waals surface area contributed by atoms with Gasteiger partial charge in [0.25, 0.3) is 0 Å². The molecule has 0 heterocycles. The summed E-state index contributed by atoms with van der Waals surface area (Å²) in [5.41, 5.74) is 4.15. The van der Waals surface area contributed by atoms with E-state index >= 15 is 0 Å². The van der Waals surface area contributed by atoms with Crippen LogP contribution in [0.4, 0.5) is 0 Å². The highest BCUT2D eigenvalue weighted by atomic mass is 16.3. The van der Waals surface area contributed by atoms with E-state index in [1.165, 1.54) is 0 Å². The average molecular weight is 366 g/mol. The summed E-state index contributed by atoms with van der Waals surface area (Å²) in [5, 5.41) is 12.1. The maximum Gasteiger partial charge on any atom is 0.186 e. The van der Waals surface area contributed by atoms with E-state index in [1.807, 2.05) is 24.3 Å². The first-order valence-electron chi connectivity index (χ1n) is 9.94. The van der Waals surface area contributed by atoms with E-state index in [0.717, 1.165) is 47.1 Å². The summed E-state index contributed by atoms with van der Waals surface area (Å²) in [7, 11) is 0. The van der Waals surface area contributed by atoms with Crippen molar-refractivity contribution in [1.29, 1.82) is 0 Å². The van der Waals surface area contributed by atoms with Crippen molar-refractivity contribution in [2.45, 2.75) is 67.7 Å². The fourth-order valence-electron chi connectivity index (χ4n) is 3.29. The highest BCUT2D eigenvalue weighted by Gasteiger charge is 2.33. The van der Waals surface area contributed by atoms with Gasteiger partial charge in [0.2, 0.25) is 0 Å². The highest BCUT2D eigenvalue weighted by molar-refractivity contribution is 6.12. The molecule has 0 fully saturated rings. The second kappa shape index (κ2) is 7.88. The molecule has 145 valence electrons. The Balaban J connectivity index is 2.52. The minimum Gasteiger partial charge on any atom is -0.290 e. The standard InChI is InChI=1S/C25H33O2/c1-8-9-10-19-14-17(11-12-22(19)26)13-18-15-20(24(2,3)4)23(27)21(16-18)25(5,6)7/h11-16H,8-10H2,1-7H3. The molecule has 0 amide bonds. The van der Waals surface area contributed by atoms with Crippen LogP contribution in [0.3, 0.4) is 0 Å². The molecule has 0 aliphatic heterocycles. The van der Waals surface area contributed by atoms with E-state index in [-0.39, 0.29) is 22.4 Å². The summed E-state index contributed by atoms with van der Waals surface area (Å²) in [5.74, 6) is 0.256. The summed E-state index contributed by atoms with van der Waals surface area (Å²) in [6.07, 6.45) is 9.01. The molecule has 1 aromatic rings. The molecule has 2 rings (SSSR count). The third-order valence-corrected chi connectivity index (χ3v) is 4.94. The lowest BCUT2D eigenvalue weighted by atomic mass is 9.72. The molecule has 27 heavy (non-hydrogen) atoms. The number of hydrogen-bond acceptors (Lipinski definition) is 1. The number of carbonyl (C=O) groups excluding carboxylic acids is 1. The molecule has 2 nitrogen and oxygen atoms in total. The summed E-state index contributed by atoms with van der Waals surface area (Å²) in [6, 6.07) is 5.53. The Morgan fingerprint density at radius 2 is 1.48 bits per heavy atom. The van der Waals surface area contributed by atoms with Gasteiger partial charge in [0.05, 0.1) is 0 Å². The molecule has 1 radical (unpaired) electrons. The van der Waals surface area contributed by atoms with Gasteiger partial charge < -0.3 is 0 Å². The quantitative estimate of drug-likeness (QED) is 0.561. The molecule has 1 aliphatic rings. The first-order chi connectivity index (χ1) is 12.4. The van der Waals surface area contributed by atoms with Crippen LogP contribution in [0.5, 0.6) is 5.75 Å². The van der Waals surface area contributed by atoms with E-state index in [9.17, 15) is 9.90 Å². The molecule has 0 saturated carbocycles. The topological polar surface area (TPSA) is 37.0 Å². The Morgan fingerprint density at radius 1 is 0.926 bits per heavy atom. The SMILES string of the molecule is CCCCc1cc(C=C2C=C(C(C)(C)C)C(=O)C(C(C)(C)C)=C2)ccc1[O]. The van der Waals surface area contributed by atoms with Gasteiger partial charge in [-0.1, -0.05) is 61.0 Å². The van der Waals surface area contributed by atoms with Crippen molar-refractivity contribution in [2.75, 3.05) is 0 Å². The van der Waals surface area contributed by atoms with Crippen molar-refractivity contribution in [3.05, 3.63) is 58.2 Å². The number of ketones is 1. The van der Waals surface area contributed by atoms with Crippen LogP contribution in [0.15, 0.2) is 47.1 Å². The molecule has 1 aliphatic carbocycles. The second-order valence-corrected chi connectivity index (χ2v) is 9.56. The third-order valence-electron chi connectivity index (χ3n) is 4.94. The van der Waals surface area contributed by atoms with Crippen LogP contribution in [0.25, 0.3) is 6.08 Å². The molecule has 0 spiro atoms. The van der Waals surface area contributed by atoms with Crippen molar-refractivity contribution in [3.8, 4) is 5.75 Å². The second-order valence-electron chi connectivity index (χ2n) is 9.56. The molecule has 0 aromatic heterocycles. The van der Waals surface area contributed by atoms with E-state index in [1.54, 1.807) is 6.07 Å². The minimum atomic E-state index is -0.216. The van der Waals surface area contributed by atoms with Crippen LogP contribution in [0.2, 0.25) is 0 Å². The zero-order valence-electron chi connectivity index (χ0n) is 17.9. The van der Waals surface area contributed by atoms with Gasteiger partial charge in [-0.2, -0.15) is 0 Å².